The second-order valence-corrected chi connectivity index (χ2v) is 23.0. The number of carbonyl (C=O) groups is 11. The topological polar surface area (TPSA) is 500 Å². The number of esters is 1. The molecular weight excluding hydrogens is 1130 g/mol. The first-order valence-corrected chi connectivity index (χ1v) is 29.9. The summed E-state index contributed by atoms with van der Waals surface area (Å²) in [6.07, 6.45) is -3.60. The Labute approximate surface area is 509 Å². The molecular formula is C57H100N16O14. The van der Waals surface area contributed by atoms with Crippen LogP contribution < -0.4 is 87.2 Å². The maximum absolute atomic E-state index is 14.4. The van der Waals surface area contributed by atoms with Gasteiger partial charge in [0.25, 0.3) is 0 Å². The van der Waals surface area contributed by atoms with Crippen LogP contribution in [0.4, 0.5) is 0 Å². The van der Waals surface area contributed by atoms with E-state index in [9.17, 15) is 63.0 Å². The first kappa shape index (κ1) is 76.2. The fourth-order valence-corrected chi connectivity index (χ4v) is 9.16. The van der Waals surface area contributed by atoms with Crippen molar-refractivity contribution >= 4 is 65.0 Å². The zero-order valence-electron chi connectivity index (χ0n) is 51.7. The van der Waals surface area contributed by atoms with Gasteiger partial charge >= 0.3 is 5.97 Å². The largest absolute Gasteiger partial charge is 0.459 e. The van der Waals surface area contributed by atoms with Gasteiger partial charge in [0, 0.05) is 25.6 Å². The normalized spacial score (nSPS) is 22.8. The van der Waals surface area contributed by atoms with Crippen molar-refractivity contribution in [1.82, 2.24) is 58.5 Å². The summed E-state index contributed by atoms with van der Waals surface area (Å²) in [6.45, 7) is 11.6. The van der Waals surface area contributed by atoms with Crippen LogP contribution in [-0.2, 0) is 63.9 Å². The fourth-order valence-electron chi connectivity index (χ4n) is 9.16. The molecule has 1 aliphatic heterocycles. The predicted molar refractivity (Wildman–Crippen MR) is 322 cm³/mol. The van der Waals surface area contributed by atoms with E-state index in [4.69, 9.17) is 33.4 Å². The van der Waals surface area contributed by atoms with Crippen LogP contribution in [0.1, 0.15) is 119 Å². The maximum atomic E-state index is 14.4. The van der Waals surface area contributed by atoms with Gasteiger partial charge in [0.1, 0.15) is 53.9 Å². The Morgan fingerprint density at radius 1 is 0.632 bits per heavy atom. The summed E-state index contributed by atoms with van der Waals surface area (Å²) in [5.74, 6) is -9.48. The molecule has 0 aliphatic carbocycles. The number of nitrogens with two attached hydrogens (primary N) is 5. The van der Waals surface area contributed by atoms with Crippen LogP contribution in [0.15, 0.2) is 30.3 Å². The Morgan fingerprint density at radius 3 is 1.67 bits per heavy atom. The zero-order chi connectivity index (χ0) is 65.6. The molecule has 3 unspecified atom stereocenters. The van der Waals surface area contributed by atoms with Gasteiger partial charge in [-0.3, -0.25) is 52.7 Å². The number of rotatable bonds is 28. The average molecular weight is 1230 g/mol. The average Bonchev–Trinajstić information content (AvgIpc) is 2.47. The van der Waals surface area contributed by atoms with Crippen molar-refractivity contribution in [3.05, 3.63) is 35.9 Å². The lowest BCUT2D eigenvalue weighted by Gasteiger charge is -2.29. The number of carbonyl (C=O) groups excluding carboxylic acids is 11. The lowest BCUT2D eigenvalue weighted by Crippen LogP contribution is -2.61. The smallest absolute Gasteiger partial charge is 0.309 e. The molecule has 2 rings (SSSR count). The minimum absolute atomic E-state index is 0.0211. The van der Waals surface area contributed by atoms with Crippen LogP contribution in [0, 0.1) is 11.8 Å². The summed E-state index contributed by atoms with van der Waals surface area (Å²) in [7, 11) is 0. The Hall–Kier alpha value is -6.93. The first-order valence-electron chi connectivity index (χ1n) is 29.9. The fraction of sp³-hybridized carbons (Fsp3) is 0.702. The van der Waals surface area contributed by atoms with Crippen LogP contribution in [0.2, 0.25) is 0 Å². The van der Waals surface area contributed by atoms with Crippen molar-refractivity contribution in [3.8, 4) is 0 Å². The Balaban J connectivity index is 2.64. The highest BCUT2D eigenvalue weighted by Crippen LogP contribution is 2.19. The number of nitrogens with one attached hydrogen (secondary N) is 11. The summed E-state index contributed by atoms with van der Waals surface area (Å²) in [5.41, 5.74) is 28.9. The van der Waals surface area contributed by atoms with Gasteiger partial charge in [-0.05, 0) is 123 Å². The zero-order valence-corrected chi connectivity index (χ0v) is 51.7. The summed E-state index contributed by atoms with van der Waals surface area (Å²) in [4.78, 5) is 152. The highest BCUT2D eigenvalue weighted by molar-refractivity contribution is 5.98. The number of hydrogen-bond donors (Lipinski definition) is 18. The standard InChI is InChI=1S/C57H100N16O14/c1-9-32(4)56(86)87-57(7,8)29-44(76)66-38(16-22-59)50(80)73-46(34(6)75)55(85)69-39(17-23-60)48(78)65-36-20-26-63-54(84)45(33(5)74)72-51(81)41(19-25-62)67-49(79)40(18-24-61)68-52(82)42(27-31(2)3)70-53(83)43(28-35-13-11-10-12-14-35)71-47(77)37(15-21-58)64-30-36/h10-14,31-34,36-43,45-46,64,74-75H,9,15-30,58-62H2,1-8H3,(H,63,84)(H,65,78)(H,66,76)(H,67,79)(H,68,82)(H,69,85)(H,70,83)(H,71,77)(H,72,81)(H,73,80)/t32?,33?,34?,36-,37-,38-,39-,40-,41-,42-,43+,45-,46-/m0/s1. The molecule has 0 bridgehead atoms. The van der Waals surface area contributed by atoms with Crippen LogP contribution in [0.25, 0.3) is 0 Å². The van der Waals surface area contributed by atoms with Gasteiger partial charge in [-0.25, -0.2) is 0 Å². The molecule has 13 atom stereocenters. The monoisotopic (exact) mass is 1230 g/mol. The molecule has 23 N–H and O–H groups in total. The molecule has 1 heterocycles. The van der Waals surface area contributed by atoms with Crippen molar-refractivity contribution in [2.75, 3.05) is 45.8 Å². The molecule has 1 aromatic carbocycles. The van der Waals surface area contributed by atoms with Gasteiger partial charge in [0.15, 0.2) is 0 Å². The lowest BCUT2D eigenvalue weighted by atomic mass is 10.00. The van der Waals surface area contributed by atoms with E-state index < -0.39 is 149 Å². The minimum atomic E-state index is -1.71. The molecule has 87 heavy (non-hydrogen) atoms. The third-order valence-electron chi connectivity index (χ3n) is 14.3. The lowest BCUT2D eigenvalue weighted by molar-refractivity contribution is -0.163. The van der Waals surface area contributed by atoms with E-state index in [1.165, 1.54) is 27.7 Å². The van der Waals surface area contributed by atoms with Crippen molar-refractivity contribution in [3.63, 3.8) is 0 Å². The van der Waals surface area contributed by atoms with E-state index in [0.717, 1.165) is 0 Å². The Kier molecular flexibility index (Phi) is 34.2. The van der Waals surface area contributed by atoms with Gasteiger partial charge in [-0.2, -0.15) is 0 Å². The van der Waals surface area contributed by atoms with E-state index in [1.807, 2.05) is 20.8 Å². The van der Waals surface area contributed by atoms with Crippen molar-refractivity contribution in [1.29, 1.82) is 0 Å². The Bertz CT molecular complexity index is 2400. The SMILES string of the molecule is CCC(C)C(=O)OC(C)(C)CC(=O)N[C@@H](CCN)C(=O)N[C@H](C(=O)N[C@@H](CCN)C(=O)N[C@H]1CCNC(=O)[C@H](C(C)O)NC(=O)[C@H](CCN)NC(=O)[C@H](CCN)NC(=O)[C@H](CC(C)C)NC(=O)[C@@H](Cc2ccccc2)NC(=O)[C@H](CCN)NC1)C(C)O. The van der Waals surface area contributed by atoms with Crippen LogP contribution in [0.5, 0.6) is 0 Å². The molecule has 0 saturated carbocycles. The quantitative estimate of drug-likeness (QED) is 0.0348. The second-order valence-electron chi connectivity index (χ2n) is 23.0. The van der Waals surface area contributed by atoms with Crippen LogP contribution in [-0.4, -0.2) is 199 Å². The second kappa shape index (κ2) is 39.1. The van der Waals surface area contributed by atoms with E-state index in [1.54, 1.807) is 37.3 Å². The number of amides is 10. The third-order valence-corrected chi connectivity index (χ3v) is 14.3. The summed E-state index contributed by atoms with van der Waals surface area (Å²) < 4.78 is 5.53. The van der Waals surface area contributed by atoms with Crippen LogP contribution in [0.3, 0.4) is 0 Å². The van der Waals surface area contributed by atoms with E-state index in [2.05, 4.69) is 58.5 Å². The molecule has 1 aromatic rings. The van der Waals surface area contributed by atoms with Gasteiger partial charge in [-0.1, -0.05) is 58.0 Å². The molecule has 1 saturated heterocycles. The molecule has 30 heteroatoms. The summed E-state index contributed by atoms with van der Waals surface area (Å²) in [5, 5.41) is 50.9. The highest BCUT2D eigenvalue weighted by Gasteiger charge is 2.37. The van der Waals surface area contributed by atoms with Gasteiger partial charge in [-0.15, -0.1) is 0 Å². The van der Waals surface area contributed by atoms with Crippen LogP contribution >= 0.6 is 0 Å². The van der Waals surface area contributed by atoms with E-state index in [0.29, 0.717) is 12.0 Å². The molecule has 30 nitrogen and oxygen atoms in total. The first-order chi connectivity index (χ1) is 41.0. The number of aliphatic hydroxyl groups is 2. The number of aliphatic hydroxyl groups excluding tert-OH is 2. The number of hydrogen-bond acceptors (Lipinski definition) is 20. The van der Waals surface area contributed by atoms with E-state index >= 15 is 0 Å². The molecule has 0 radical (unpaired) electrons. The molecule has 1 fully saturated rings. The summed E-state index contributed by atoms with van der Waals surface area (Å²) in [6, 6.07) is -4.83. The maximum Gasteiger partial charge on any atom is 0.309 e. The Morgan fingerprint density at radius 2 is 1.14 bits per heavy atom. The summed E-state index contributed by atoms with van der Waals surface area (Å²) >= 11 is 0. The predicted octanol–water partition coefficient (Wildman–Crippen LogP) is -5.62. The molecule has 1 aliphatic rings. The molecule has 10 amide bonds. The molecule has 492 valence electrons. The van der Waals surface area contributed by atoms with Crippen molar-refractivity contribution in [2.45, 2.75) is 198 Å². The van der Waals surface area contributed by atoms with Crippen molar-refractivity contribution < 1.29 is 67.7 Å². The van der Waals surface area contributed by atoms with Gasteiger partial charge in [0.2, 0.25) is 59.1 Å². The minimum Gasteiger partial charge on any atom is -0.459 e. The molecule has 0 spiro atoms. The number of ether oxygens (including phenoxy) is 1. The third kappa shape index (κ3) is 27.3. The van der Waals surface area contributed by atoms with Gasteiger partial charge < -0.3 is 102 Å². The number of benzene rings is 1. The van der Waals surface area contributed by atoms with Crippen molar-refractivity contribution in [2.24, 2.45) is 40.5 Å². The highest BCUT2D eigenvalue weighted by atomic mass is 16.6. The van der Waals surface area contributed by atoms with Gasteiger partial charge in [0.05, 0.1) is 30.6 Å². The van der Waals surface area contributed by atoms with E-state index in [-0.39, 0.29) is 110 Å². The molecule has 0 aromatic heterocycles.